The van der Waals surface area contributed by atoms with Crippen LogP contribution in [0.5, 0.6) is 0 Å². The van der Waals surface area contributed by atoms with Crippen LogP contribution in [-0.2, 0) is 7.67 Å². The Hall–Kier alpha value is -2.10. The van der Waals surface area contributed by atoms with Crippen molar-refractivity contribution in [2.45, 2.75) is 36.3 Å². The number of carbonyl (C=O) groups excluding carboxylic acids is 2. The average Bonchev–Trinajstić information content (AvgIpc) is 2.61. The van der Waals surface area contributed by atoms with Gasteiger partial charge in [-0.2, -0.15) is 0 Å². The number of benzene rings is 2. The molecule has 0 heterocycles. The number of ketones is 2. The van der Waals surface area contributed by atoms with Gasteiger partial charge in [0, 0.05) is 0 Å². The molecule has 4 nitrogen and oxygen atoms in total. The van der Waals surface area contributed by atoms with Crippen molar-refractivity contribution in [3.63, 3.8) is 0 Å². The van der Waals surface area contributed by atoms with Crippen LogP contribution < -0.4 is 0 Å². The Morgan fingerprint density at radius 3 is 1.20 bits per heavy atom. The summed E-state index contributed by atoms with van der Waals surface area (Å²) in [5.74, 6) is -0.987. The third-order valence-corrected chi connectivity index (χ3v) is 10.9. The minimum atomic E-state index is -5.07. The summed E-state index contributed by atoms with van der Waals surface area (Å²) in [6.45, 7) is 5.56. The number of hydrogen-bond acceptors (Lipinski definition) is 4. The van der Waals surface area contributed by atoms with E-state index >= 15 is 0 Å². The van der Waals surface area contributed by atoms with E-state index in [1.54, 1.807) is 60.7 Å². The fourth-order valence-corrected chi connectivity index (χ4v) is 6.95. The van der Waals surface area contributed by atoms with Crippen LogP contribution in [0.25, 0.3) is 0 Å². The van der Waals surface area contributed by atoms with E-state index in [-0.39, 0.29) is 0 Å². The Bertz CT molecular complexity index is 810. The van der Waals surface area contributed by atoms with E-state index < -0.39 is 32.9 Å². The van der Waals surface area contributed by atoms with Crippen LogP contribution in [0.1, 0.15) is 48.4 Å². The molecule has 0 aliphatic heterocycles. The molecule has 0 fully saturated rings. The van der Waals surface area contributed by atoms with E-state index in [0.29, 0.717) is 11.1 Å². The molecule has 0 bridgehead atoms. The predicted octanol–water partition coefficient (Wildman–Crippen LogP) is 4.62. The van der Waals surface area contributed by atoms with Gasteiger partial charge in [-0.1, -0.05) is 0 Å². The molecule has 2 aromatic carbocycles. The van der Waals surface area contributed by atoms with Crippen molar-refractivity contribution in [2.24, 2.45) is 0 Å². The number of Topliss-reactive ketones (excluding diaryl/α,β-unsaturated/α-hetero) is 2. The summed E-state index contributed by atoms with van der Waals surface area (Å²) in [6, 6.07) is 16.6. The first-order valence-corrected chi connectivity index (χ1v) is 11.1. The van der Waals surface area contributed by atoms with Gasteiger partial charge in [-0.3, -0.25) is 0 Å². The maximum absolute atomic E-state index is 13.3. The summed E-state index contributed by atoms with van der Waals surface area (Å²) in [7, 11) is 0. The van der Waals surface area contributed by atoms with Crippen LogP contribution in [0.4, 0.5) is 0 Å². The summed E-state index contributed by atoms with van der Waals surface area (Å²) < 4.78 is 23.3. The molecule has 0 radical (unpaired) electrons. The monoisotopic (exact) mass is 406 g/mol. The van der Waals surface area contributed by atoms with Gasteiger partial charge in [0.15, 0.2) is 0 Å². The van der Waals surface area contributed by atoms with Gasteiger partial charge in [-0.05, 0) is 0 Å². The van der Waals surface area contributed by atoms with Gasteiger partial charge in [0.05, 0.1) is 0 Å². The van der Waals surface area contributed by atoms with E-state index in [1.165, 1.54) is 27.7 Å². The Kier molecular flexibility index (Phi) is 5.12. The van der Waals surface area contributed by atoms with Gasteiger partial charge < -0.3 is 0 Å². The topological polar surface area (TPSA) is 68.3 Å². The van der Waals surface area contributed by atoms with Gasteiger partial charge in [0.25, 0.3) is 0 Å². The molecule has 0 amide bonds. The number of carbonyl (C=O) groups is 2. The van der Waals surface area contributed by atoms with Gasteiger partial charge >= 0.3 is 150 Å². The Morgan fingerprint density at radius 2 is 0.920 bits per heavy atom. The van der Waals surface area contributed by atoms with Crippen molar-refractivity contribution in [3.8, 4) is 0 Å². The molecule has 5 heteroatoms. The third-order valence-electron chi connectivity index (χ3n) is 4.51. The zero-order valence-corrected chi connectivity index (χ0v) is 16.5. The first-order valence-electron chi connectivity index (χ1n) is 7.97. The second-order valence-corrected chi connectivity index (χ2v) is 13.3. The van der Waals surface area contributed by atoms with Crippen LogP contribution in [0, 0.1) is 0 Å². The van der Waals surface area contributed by atoms with E-state index in [1.807, 2.05) is 0 Å². The van der Waals surface area contributed by atoms with E-state index in [9.17, 15) is 17.3 Å². The summed E-state index contributed by atoms with van der Waals surface area (Å²) in [5.41, 5.74) is 0.646. The quantitative estimate of drug-likeness (QED) is 0.520. The maximum atomic E-state index is 13.3. The summed E-state index contributed by atoms with van der Waals surface area (Å²) >= 11 is -5.07. The molecule has 0 unspecified atom stereocenters. The predicted molar refractivity (Wildman–Crippen MR) is 96.8 cm³/mol. The zero-order valence-electron chi connectivity index (χ0n) is 14.8. The molecule has 0 atom stereocenters. The molecule has 2 aromatic rings. The van der Waals surface area contributed by atoms with Gasteiger partial charge in [-0.25, -0.2) is 0 Å². The van der Waals surface area contributed by atoms with Crippen LogP contribution in [-0.4, -0.2) is 24.3 Å². The molecule has 0 aromatic heterocycles. The van der Waals surface area contributed by atoms with Crippen molar-refractivity contribution in [3.05, 3.63) is 71.8 Å². The molecule has 0 saturated carbocycles. The fraction of sp³-hybridized carbons (Fsp3) is 0.300. The molecule has 132 valence electrons. The van der Waals surface area contributed by atoms with Crippen molar-refractivity contribution >= 4 is 24.3 Å². The standard InChI is InChI=1S/C20H22O4Se/c1-19(2,17(21)15-11-7-5-8-12-15)25(23,24)20(3,4)18(22)16-13-9-6-10-14-16/h5-14H,1-4H3. The van der Waals surface area contributed by atoms with E-state index in [0.717, 1.165) is 0 Å². The minimum absolute atomic E-state index is 0.323. The van der Waals surface area contributed by atoms with Crippen molar-refractivity contribution in [1.29, 1.82) is 0 Å². The van der Waals surface area contributed by atoms with Crippen molar-refractivity contribution < 1.29 is 17.3 Å². The van der Waals surface area contributed by atoms with Crippen molar-refractivity contribution in [1.82, 2.24) is 0 Å². The average molecular weight is 405 g/mol. The Labute approximate surface area is 149 Å². The second-order valence-electron chi connectivity index (χ2n) is 6.91. The van der Waals surface area contributed by atoms with Gasteiger partial charge in [0.1, 0.15) is 0 Å². The van der Waals surface area contributed by atoms with E-state index in [2.05, 4.69) is 0 Å². The van der Waals surface area contributed by atoms with E-state index in [4.69, 9.17) is 0 Å². The Morgan fingerprint density at radius 1 is 0.640 bits per heavy atom. The second kappa shape index (κ2) is 6.66. The SMILES string of the molecule is CC(C)(C(=O)c1ccccc1)[Se](=O)(=O)C(C)(C)C(=O)c1ccccc1. The van der Waals surface area contributed by atoms with Crippen LogP contribution >= 0.6 is 0 Å². The summed E-state index contributed by atoms with van der Waals surface area (Å²) in [5, 5.41) is 0. The first kappa shape index (κ1) is 19.2. The van der Waals surface area contributed by atoms with Gasteiger partial charge in [-0.15, -0.1) is 0 Å². The molecule has 0 saturated heterocycles. The first-order chi connectivity index (χ1) is 11.5. The normalized spacial score (nSPS) is 12.6. The Balaban J connectivity index is 2.48. The van der Waals surface area contributed by atoms with Crippen molar-refractivity contribution in [2.75, 3.05) is 0 Å². The molecule has 2 rings (SSSR count). The summed E-state index contributed by atoms with van der Waals surface area (Å²) in [6.07, 6.45) is 0. The molecular formula is C20H22O4Se. The van der Waals surface area contributed by atoms with Crippen LogP contribution in [0.3, 0.4) is 0 Å². The van der Waals surface area contributed by atoms with Crippen LogP contribution in [0.2, 0.25) is 8.63 Å². The van der Waals surface area contributed by atoms with Gasteiger partial charge in [0.2, 0.25) is 0 Å². The molecule has 0 aliphatic carbocycles. The molecule has 25 heavy (non-hydrogen) atoms. The van der Waals surface area contributed by atoms with Crippen LogP contribution in [0.15, 0.2) is 60.7 Å². The summed E-state index contributed by atoms with van der Waals surface area (Å²) in [4.78, 5) is 25.7. The number of rotatable bonds is 6. The molecule has 0 spiro atoms. The molecule has 0 N–H and O–H groups in total. The fourth-order valence-electron chi connectivity index (χ4n) is 2.76. The third kappa shape index (κ3) is 3.22. The molecule has 0 aliphatic rings. The number of hydrogen-bond donors (Lipinski definition) is 0. The molecular weight excluding hydrogens is 383 g/mol. The zero-order chi connectivity index (χ0) is 18.9.